The van der Waals surface area contributed by atoms with Gasteiger partial charge in [-0.05, 0) is 41.8 Å². The van der Waals surface area contributed by atoms with Crippen LogP contribution in [0.3, 0.4) is 0 Å². The number of hydrogen-bond donors (Lipinski definition) is 2. The Morgan fingerprint density at radius 3 is 2.62 bits per heavy atom. The van der Waals surface area contributed by atoms with E-state index in [1.54, 1.807) is 0 Å². The van der Waals surface area contributed by atoms with Gasteiger partial charge in [0.15, 0.2) is 0 Å². The first-order chi connectivity index (χ1) is 9.82. The summed E-state index contributed by atoms with van der Waals surface area (Å²) in [5.74, 6) is -0.185. The molecule has 2 rings (SSSR count). The molecule has 1 aromatic carbocycles. The smallest absolute Gasteiger partial charge is 0.247 e. The van der Waals surface area contributed by atoms with Gasteiger partial charge >= 0.3 is 0 Å². The molecule has 0 aliphatic carbocycles. The van der Waals surface area contributed by atoms with Gasteiger partial charge in [-0.15, -0.1) is 0 Å². The standard InChI is InChI=1S/C17H22N2OSi/c1-6-16(20)19-15-11-13(8-7-12(15)2)14-9-10-18-17(14)21(3,4)5/h6-11,18H,1H2,2-5H3,(H,19,20). The van der Waals surface area contributed by atoms with E-state index in [2.05, 4.69) is 48.7 Å². The first kappa shape index (κ1) is 15.3. The molecule has 21 heavy (non-hydrogen) atoms. The molecule has 1 aromatic heterocycles. The Kier molecular flexibility index (Phi) is 4.18. The number of aromatic amines is 1. The number of H-pyrrole nitrogens is 1. The molecular formula is C17H22N2OSi. The highest BCUT2D eigenvalue weighted by Crippen LogP contribution is 2.25. The number of benzene rings is 1. The summed E-state index contributed by atoms with van der Waals surface area (Å²) in [6, 6.07) is 8.28. The lowest BCUT2D eigenvalue weighted by molar-refractivity contribution is -0.111. The van der Waals surface area contributed by atoms with Crippen LogP contribution < -0.4 is 10.6 Å². The molecule has 2 aromatic rings. The van der Waals surface area contributed by atoms with Crippen LogP contribution in [0.15, 0.2) is 43.1 Å². The number of nitrogens with one attached hydrogen (secondary N) is 2. The minimum Gasteiger partial charge on any atom is -0.368 e. The largest absolute Gasteiger partial charge is 0.368 e. The summed E-state index contributed by atoms with van der Waals surface area (Å²) in [5, 5.41) is 4.19. The molecule has 0 fully saturated rings. The Hall–Kier alpha value is -2.07. The van der Waals surface area contributed by atoms with Gasteiger partial charge in [-0.2, -0.15) is 0 Å². The number of aryl methyl sites for hydroxylation is 1. The van der Waals surface area contributed by atoms with Crippen molar-refractivity contribution >= 4 is 25.0 Å². The molecule has 110 valence electrons. The fourth-order valence-electron chi connectivity index (χ4n) is 2.34. The first-order valence-corrected chi connectivity index (χ1v) is 10.5. The molecule has 0 saturated carbocycles. The van der Waals surface area contributed by atoms with Crippen LogP contribution >= 0.6 is 0 Å². The lowest BCUT2D eigenvalue weighted by Crippen LogP contribution is -2.39. The van der Waals surface area contributed by atoms with E-state index in [1.807, 2.05) is 25.3 Å². The number of anilines is 1. The van der Waals surface area contributed by atoms with Crippen molar-refractivity contribution in [2.45, 2.75) is 26.6 Å². The molecular weight excluding hydrogens is 276 g/mol. The number of carbonyl (C=O) groups is 1. The summed E-state index contributed by atoms with van der Waals surface area (Å²) in [6.45, 7) is 12.4. The maximum absolute atomic E-state index is 11.5. The van der Waals surface area contributed by atoms with Gasteiger partial charge in [-0.1, -0.05) is 38.4 Å². The maximum atomic E-state index is 11.5. The van der Waals surface area contributed by atoms with Crippen LogP contribution in [0.1, 0.15) is 5.56 Å². The van der Waals surface area contributed by atoms with Crippen molar-refractivity contribution in [2.24, 2.45) is 0 Å². The van der Waals surface area contributed by atoms with Gasteiger partial charge in [-0.25, -0.2) is 0 Å². The van der Waals surface area contributed by atoms with E-state index in [1.165, 1.54) is 17.0 Å². The van der Waals surface area contributed by atoms with Crippen LogP contribution in [0, 0.1) is 6.92 Å². The molecule has 0 aliphatic heterocycles. The minimum absolute atomic E-state index is 0.185. The third kappa shape index (κ3) is 3.33. The van der Waals surface area contributed by atoms with Crippen molar-refractivity contribution in [1.29, 1.82) is 0 Å². The highest BCUT2D eigenvalue weighted by atomic mass is 28.3. The van der Waals surface area contributed by atoms with Crippen LogP contribution in [0.4, 0.5) is 5.69 Å². The Labute approximate surface area is 127 Å². The molecule has 4 heteroatoms. The summed E-state index contributed by atoms with van der Waals surface area (Å²) in [6.07, 6.45) is 3.28. The minimum atomic E-state index is -1.44. The van der Waals surface area contributed by atoms with Crippen LogP contribution in [0.25, 0.3) is 11.1 Å². The normalized spacial score (nSPS) is 11.2. The summed E-state index contributed by atoms with van der Waals surface area (Å²) in [7, 11) is -1.44. The van der Waals surface area contributed by atoms with E-state index < -0.39 is 8.07 Å². The molecule has 0 bridgehead atoms. The fraction of sp³-hybridized carbons (Fsp3) is 0.235. The SMILES string of the molecule is C=CC(=O)Nc1cc(-c2cc[nH]c2[Si](C)(C)C)ccc1C. The van der Waals surface area contributed by atoms with E-state index >= 15 is 0 Å². The fourth-order valence-corrected chi connectivity index (χ4v) is 3.89. The molecule has 0 aliphatic rings. The summed E-state index contributed by atoms with van der Waals surface area (Å²) in [5.41, 5.74) is 4.22. The van der Waals surface area contributed by atoms with Crippen molar-refractivity contribution in [2.75, 3.05) is 5.32 Å². The van der Waals surface area contributed by atoms with Crippen LogP contribution in [-0.2, 0) is 4.79 Å². The Bertz CT molecular complexity index is 680. The molecule has 3 nitrogen and oxygen atoms in total. The second-order valence-electron chi connectivity index (χ2n) is 6.24. The predicted molar refractivity (Wildman–Crippen MR) is 92.8 cm³/mol. The van der Waals surface area contributed by atoms with E-state index in [9.17, 15) is 4.79 Å². The zero-order chi connectivity index (χ0) is 15.6. The van der Waals surface area contributed by atoms with Gasteiger partial charge in [0.05, 0.1) is 8.07 Å². The Balaban J connectivity index is 2.47. The zero-order valence-corrected chi connectivity index (χ0v) is 14.1. The highest BCUT2D eigenvalue weighted by Gasteiger charge is 2.22. The van der Waals surface area contributed by atoms with Crippen molar-refractivity contribution in [3.63, 3.8) is 0 Å². The molecule has 1 amide bonds. The Morgan fingerprint density at radius 1 is 1.29 bits per heavy atom. The van der Waals surface area contributed by atoms with Crippen molar-refractivity contribution in [3.8, 4) is 11.1 Å². The average Bonchev–Trinajstić information content (AvgIpc) is 2.90. The Morgan fingerprint density at radius 2 is 2.00 bits per heavy atom. The molecule has 1 heterocycles. The molecule has 0 atom stereocenters. The third-order valence-corrected chi connectivity index (χ3v) is 5.40. The van der Waals surface area contributed by atoms with Gasteiger partial charge in [-0.3, -0.25) is 4.79 Å². The first-order valence-electron chi connectivity index (χ1n) is 7.05. The van der Waals surface area contributed by atoms with E-state index in [4.69, 9.17) is 0 Å². The second-order valence-corrected chi connectivity index (χ2v) is 11.2. The molecule has 0 unspecified atom stereocenters. The van der Waals surface area contributed by atoms with Gasteiger partial charge in [0.2, 0.25) is 5.91 Å². The summed E-state index contributed by atoms with van der Waals surface area (Å²) in [4.78, 5) is 14.9. The van der Waals surface area contributed by atoms with Crippen LogP contribution in [-0.4, -0.2) is 19.0 Å². The number of aromatic nitrogens is 1. The number of hydrogen-bond acceptors (Lipinski definition) is 1. The zero-order valence-electron chi connectivity index (χ0n) is 13.1. The van der Waals surface area contributed by atoms with Crippen molar-refractivity contribution in [1.82, 2.24) is 4.98 Å². The summed E-state index contributed by atoms with van der Waals surface area (Å²) < 4.78 is 0. The number of amides is 1. The molecule has 0 spiro atoms. The van der Waals surface area contributed by atoms with Crippen LogP contribution in [0.2, 0.25) is 19.6 Å². The summed E-state index contributed by atoms with van der Waals surface area (Å²) >= 11 is 0. The van der Waals surface area contributed by atoms with Gasteiger partial charge in [0.1, 0.15) is 0 Å². The van der Waals surface area contributed by atoms with E-state index in [0.29, 0.717) is 0 Å². The molecule has 2 N–H and O–H groups in total. The van der Waals surface area contributed by atoms with E-state index in [0.717, 1.165) is 16.8 Å². The van der Waals surface area contributed by atoms with Crippen molar-refractivity contribution < 1.29 is 4.79 Å². The van der Waals surface area contributed by atoms with Gasteiger partial charge < -0.3 is 10.3 Å². The van der Waals surface area contributed by atoms with Crippen molar-refractivity contribution in [3.05, 3.63) is 48.7 Å². The number of rotatable bonds is 4. The second kappa shape index (κ2) is 5.74. The molecule has 0 saturated heterocycles. The van der Waals surface area contributed by atoms with Gasteiger partial charge in [0.25, 0.3) is 0 Å². The monoisotopic (exact) mass is 298 g/mol. The maximum Gasteiger partial charge on any atom is 0.247 e. The lowest BCUT2D eigenvalue weighted by Gasteiger charge is -2.18. The van der Waals surface area contributed by atoms with E-state index in [-0.39, 0.29) is 5.91 Å². The topological polar surface area (TPSA) is 44.9 Å². The van der Waals surface area contributed by atoms with Crippen LogP contribution in [0.5, 0.6) is 0 Å². The highest BCUT2D eigenvalue weighted by molar-refractivity contribution is 6.89. The average molecular weight is 298 g/mol. The predicted octanol–water partition coefficient (Wildman–Crippen LogP) is 3.66. The van der Waals surface area contributed by atoms with Gasteiger partial charge in [0, 0.05) is 17.2 Å². The quantitative estimate of drug-likeness (QED) is 0.656. The third-order valence-electron chi connectivity index (χ3n) is 3.49. The number of carbonyl (C=O) groups excluding carboxylic acids is 1. The molecule has 0 radical (unpaired) electrons. The lowest BCUT2D eigenvalue weighted by atomic mass is 10.1.